The van der Waals surface area contributed by atoms with Crippen LogP contribution in [-0.4, -0.2) is 4.98 Å². The van der Waals surface area contributed by atoms with Gasteiger partial charge < -0.3 is 10.2 Å². The first kappa shape index (κ1) is 12.7. The van der Waals surface area contributed by atoms with E-state index in [4.69, 9.17) is 10.2 Å². The van der Waals surface area contributed by atoms with Crippen LogP contribution in [0.4, 0.5) is 6.01 Å². The number of benzene rings is 1. The highest BCUT2D eigenvalue weighted by Crippen LogP contribution is 2.32. The summed E-state index contributed by atoms with van der Waals surface area (Å²) in [6.07, 6.45) is 0. The van der Waals surface area contributed by atoms with Crippen molar-refractivity contribution >= 4 is 6.01 Å². The Kier molecular flexibility index (Phi) is 2.93. The third-order valence-corrected chi connectivity index (χ3v) is 3.16. The standard InChI is InChI=1S/C15H20N2O/c1-9-6-7-11(15(3,4)5)8-12(9)13-10(2)17-14(16)18-13/h6-8H,1-5H3,(H2,16,17). The minimum Gasteiger partial charge on any atom is -0.423 e. The lowest BCUT2D eigenvalue weighted by Crippen LogP contribution is -2.11. The number of hydrogen-bond acceptors (Lipinski definition) is 3. The molecule has 0 saturated carbocycles. The normalized spacial score (nSPS) is 11.8. The molecule has 96 valence electrons. The average molecular weight is 244 g/mol. The highest BCUT2D eigenvalue weighted by molar-refractivity contribution is 5.66. The van der Waals surface area contributed by atoms with Crippen molar-refractivity contribution in [1.29, 1.82) is 0 Å². The first-order valence-electron chi connectivity index (χ1n) is 6.13. The molecule has 0 aliphatic rings. The summed E-state index contributed by atoms with van der Waals surface area (Å²) in [7, 11) is 0. The van der Waals surface area contributed by atoms with E-state index in [2.05, 4.69) is 50.9 Å². The van der Waals surface area contributed by atoms with Crippen molar-refractivity contribution in [3.8, 4) is 11.3 Å². The van der Waals surface area contributed by atoms with Crippen LogP contribution in [0.5, 0.6) is 0 Å². The quantitative estimate of drug-likeness (QED) is 0.829. The van der Waals surface area contributed by atoms with E-state index >= 15 is 0 Å². The SMILES string of the molecule is Cc1ccc(C(C)(C)C)cc1-c1oc(N)nc1C. The molecule has 0 amide bonds. The lowest BCUT2D eigenvalue weighted by atomic mass is 9.85. The molecule has 0 unspecified atom stereocenters. The lowest BCUT2D eigenvalue weighted by molar-refractivity contribution is 0.584. The Morgan fingerprint density at radius 2 is 1.83 bits per heavy atom. The molecule has 18 heavy (non-hydrogen) atoms. The number of rotatable bonds is 1. The molecule has 0 aliphatic heterocycles. The molecule has 2 rings (SSSR count). The molecule has 0 radical (unpaired) electrons. The van der Waals surface area contributed by atoms with E-state index < -0.39 is 0 Å². The van der Waals surface area contributed by atoms with Gasteiger partial charge in [-0.1, -0.05) is 32.9 Å². The van der Waals surface area contributed by atoms with Gasteiger partial charge in [-0.25, -0.2) is 0 Å². The molecule has 0 saturated heterocycles. The van der Waals surface area contributed by atoms with Crippen LogP contribution in [0.2, 0.25) is 0 Å². The maximum Gasteiger partial charge on any atom is 0.292 e. The van der Waals surface area contributed by atoms with E-state index in [0.717, 1.165) is 17.0 Å². The molecule has 0 spiro atoms. The maximum absolute atomic E-state index is 5.61. The van der Waals surface area contributed by atoms with Crippen molar-refractivity contribution in [2.45, 2.75) is 40.0 Å². The number of nitrogens with two attached hydrogens (primary N) is 1. The van der Waals surface area contributed by atoms with Crippen LogP contribution < -0.4 is 5.73 Å². The Morgan fingerprint density at radius 1 is 1.17 bits per heavy atom. The molecule has 2 aromatic rings. The van der Waals surface area contributed by atoms with Crippen molar-refractivity contribution in [1.82, 2.24) is 4.98 Å². The second kappa shape index (κ2) is 4.16. The van der Waals surface area contributed by atoms with Gasteiger partial charge in [-0.15, -0.1) is 0 Å². The Morgan fingerprint density at radius 3 is 2.33 bits per heavy atom. The number of aromatic nitrogens is 1. The van der Waals surface area contributed by atoms with Gasteiger partial charge in [0, 0.05) is 5.56 Å². The third-order valence-electron chi connectivity index (χ3n) is 3.16. The predicted octanol–water partition coefficient (Wildman–Crippen LogP) is 3.84. The molecule has 1 heterocycles. The minimum absolute atomic E-state index is 0.113. The first-order chi connectivity index (χ1) is 8.29. The van der Waals surface area contributed by atoms with E-state index in [1.54, 1.807) is 0 Å². The third kappa shape index (κ3) is 2.26. The molecular weight excluding hydrogens is 224 g/mol. The van der Waals surface area contributed by atoms with Crippen LogP contribution in [0.25, 0.3) is 11.3 Å². The fourth-order valence-electron chi connectivity index (χ4n) is 2.00. The molecule has 0 fully saturated rings. The number of nitrogen functional groups attached to an aromatic ring is 1. The molecule has 0 atom stereocenters. The van der Waals surface area contributed by atoms with Gasteiger partial charge in [0.2, 0.25) is 0 Å². The number of oxazole rings is 1. The molecule has 0 aliphatic carbocycles. The maximum atomic E-state index is 5.61. The number of hydrogen-bond donors (Lipinski definition) is 1. The van der Waals surface area contributed by atoms with Gasteiger partial charge in [-0.2, -0.15) is 4.98 Å². The van der Waals surface area contributed by atoms with Crippen molar-refractivity contribution in [3.05, 3.63) is 35.0 Å². The van der Waals surface area contributed by atoms with Gasteiger partial charge in [0.15, 0.2) is 5.76 Å². The van der Waals surface area contributed by atoms with Crippen LogP contribution in [0.3, 0.4) is 0 Å². The van der Waals surface area contributed by atoms with Crippen LogP contribution in [0, 0.1) is 13.8 Å². The topological polar surface area (TPSA) is 52.0 Å². The van der Waals surface area contributed by atoms with Crippen molar-refractivity contribution < 1.29 is 4.42 Å². The average Bonchev–Trinajstić information content (AvgIpc) is 2.56. The smallest absolute Gasteiger partial charge is 0.292 e. The molecule has 2 N–H and O–H groups in total. The molecular formula is C15H20N2O. The number of aryl methyl sites for hydroxylation is 2. The Labute approximate surface area is 108 Å². The molecule has 0 bridgehead atoms. The summed E-state index contributed by atoms with van der Waals surface area (Å²) in [6, 6.07) is 6.67. The van der Waals surface area contributed by atoms with Crippen LogP contribution in [-0.2, 0) is 5.41 Å². The van der Waals surface area contributed by atoms with Crippen LogP contribution >= 0.6 is 0 Å². The highest BCUT2D eigenvalue weighted by atomic mass is 16.4. The summed E-state index contributed by atoms with van der Waals surface area (Å²) in [5.74, 6) is 0.774. The van der Waals surface area contributed by atoms with Gasteiger partial charge in [-0.3, -0.25) is 0 Å². The molecule has 3 heteroatoms. The highest BCUT2D eigenvalue weighted by Gasteiger charge is 2.18. The summed E-state index contributed by atoms with van der Waals surface area (Å²) in [5, 5.41) is 0. The number of nitrogens with zero attached hydrogens (tertiary/aromatic N) is 1. The second-order valence-corrected chi connectivity index (χ2v) is 5.75. The summed E-state index contributed by atoms with van der Waals surface area (Å²) >= 11 is 0. The lowest BCUT2D eigenvalue weighted by Gasteiger charge is -2.20. The Balaban J connectivity index is 2.60. The van der Waals surface area contributed by atoms with Gasteiger partial charge >= 0.3 is 0 Å². The Hall–Kier alpha value is -1.77. The zero-order valence-corrected chi connectivity index (χ0v) is 11.7. The van der Waals surface area contributed by atoms with Crippen LogP contribution in [0.1, 0.15) is 37.6 Å². The van der Waals surface area contributed by atoms with Crippen molar-refractivity contribution in [2.24, 2.45) is 0 Å². The van der Waals surface area contributed by atoms with Gasteiger partial charge in [-0.05, 0) is 36.5 Å². The molecule has 1 aromatic heterocycles. The summed E-state index contributed by atoms with van der Waals surface area (Å²) in [4.78, 5) is 4.13. The number of anilines is 1. The minimum atomic E-state index is 0.113. The fourth-order valence-corrected chi connectivity index (χ4v) is 2.00. The van der Waals surface area contributed by atoms with Gasteiger partial charge in [0.05, 0.1) is 5.69 Å². The molecule has 3 nitrogen and oxygen atoms in total. The second-order valence-electron chi connectivity index (χ2n) is 5.75. The fraction of sp³-hybridized carbons (Fsp3) is 0.400. The first-order valence-corrected chi connectivity index (χ1v) is 6.13. The van der Waals surface area contributed by atoms with E-state index in [-0.39, 0.29) is 11.4 Å². The van der Waals surface area contributed by atoms with Crippen molar-refractivity contribution in [3.63, 3.8) is 0 Å². The Bertz CT molecular complexity index is 577. The van der Waals surface area contributed by atoms with Crippen molar-refractivity contribution in [2.75, 3.05) is 5.73 Å². The largest absolute Gasteiger partial charge is 0.423 e. The summed E-state index contributed by atoms with van der Waals surface area (Å²) < 4.78 is 5.52. The van der Waals surface area contributed by atoms with Gasteiger partial charge in [0.25, 0.3) is 6.01 Å². The zero-order chi connectivity index (χ0) is 13.5. The summed E-state index contributed by atoms with van der Waals surface area (Å²) in [5.41, 5.74) is 10.1. The predicted molar refractivity (Wildman–Crippen MR) is 74.5 cm³/mol. The molecule has 1 aromatic carbocycles. The monoisotopic (exact) mass is 244 g/mol. The van der Waals surface area contributed by atoms with E-state index in [9.17, 15) is 0 Å². The summed E-state index contributed by atoms with van der Waals surface area (Å²) in [6.45, 7) is 10.6. The zero-order valence-electron chi connectivity index (χ0n) is 11.7. The van der Waals surface area contributed by atoms with Crippen LogP contribution in [0.15, 0.2) is 22.6 Å². The van der Waals surface area contributed by atoms with Gasteiger partial charge in [0.1, 0.15) is 0 Å². The van der Waals surface area contributed by atoms with E-state index in [1.807, 2.05) is 6.92 Å². The van der Waals surface area contributed by atoms with E-state index in [0.29, 0.717) is 0 Å². The van der Waals surface area contributed by atoms with E-state index in [1.165, 1.54) is 11.1 Å².